The van der Waals surface area contributed by atoms with E-state index in [-0.39, 0.29) is 6.54 Å². The van der Waals surface area contributed by atoms with Crippen LogP contribution in [0.3, 0.4) is 0 Å². The number of rotatable bonds is 4. The molecule has 2 N–H and O–H groups in total. The molecule has 5 nitrogen and oxygen atoms in total. The third-order valence-electron chi connectivity index (χ3n) is 2.42. The van der Waals surface area contributed by atoms with Crippen molar-refractivity contribution in [3.63, 3.8) is 0 Å². The van der Waals surface area contributed by atoms with Crippen molar-refractivity contribution < 1.29 is 4.39 Å². The number of anilines is 1. The Labute approximate surface area is 102 Å². The fourth-order valence-corrected chi connectivity index (χ4v) is 1.53. The molecule has 0 saturated heterocycles. The summed E-state index contributed by atoms with van der Waals surface area (Å²) in [6.45, 7) is 0.719. The van der Waals surface area contributed by atoms with Gasteiger partial charge in [0.1, 0.15) is 0 Å². The van der Waals surface area contributed by atoms with Gasteiger partial charge in [-0.3, -0.25) is 14.3 Å². The van der Waals surface area contributed by atoms with Gasteiger partial charge < -0.3 is 5.32 Å². The normalized spacial score (nSPS) is 10.3. The lowest BCUT2D eigenvalue weighted by atomic mass is 10.3. The van der Waals surface area contributed by atoms with Gasteiger partial charge in [0.15, 0.2) is 0 Å². The first kappa shape index (κ1) is 12.1. The highest BCUT2D eigenvalue weighted by molar-refractivity contribution is 5.42. The molecule has 0 atom stereocenters. The van der Waals surface area contributed by atoms with Gasteiger partial charge in [-0.05, 0) is 12.1 Å². The van der Waals surface area contributed by atoms with Crippen molar-refractivity contribution in [2.75, 3.05) is 11.9 Å². The smallest absolute Gasteiger partial charge is 0.328 e. The molecule has 0 bridgehead atoms. The third-order valence-corrected chi connectivity index (χ3v) is 2.42. The number of nitrogens with one attached hydrogen (secondary N) is 2. The first-order valence-electron chi connectivity index (χ1n) is 5.45. The first-order valence-corrected chi connectivity index (χ1v) is 5.45. The van der Waals surface area contributed by atoms with Crippen molar-refractivity contribution in [3.05, 3.63) is 63.2 Å². The lowest BCUT2D eigenvalue weighted by Crippen LogP contribution is -2.32. The number of hydrogen-bond donors (Lipinski definition) is 2. The summed E-state index contributed by atoms with van der Waals surface area (Å²) in [5.74, 6) is -0.964. The molecule has 18 heavy (non-hydrogen) atoms. The maximum Gasteiger partial charge on any atom is 0.328 e. The van der Waals surface area contributed by atoms with E-state index >= 15 is 0 Å². The quantitative estimate of drug-likeness (QED) is 0.841. The Balaban J connectivity index is 2.01. The fraction of sp³-hybridized carbons (Fsp3) is 0.167. The van der Waals surface area contributed by atoms with Crippen LogP contribution >= 0.6 is 0 Å². The van der Waals surface area contributed by atoms with Gasteiger partial charge in [-0.15, -0.1) is 0 Å². The molecule has 0 aliphatic rings. The van der Waals surface area contributed by atoms with E-state index in [1.54, 1.807) is 0 Å². The molecule has 0 spiro atoms. The molecule has 0 radical (unpaired) electrons. The van der Waals surface area contributed by atoms with Crippen molar-refractivity contribution in [3.8, 4) is 0 Å². The van der Waals surface area contributed by atoms with Crippen LogP contribution < -0.4 is 16.6 Å². The van der Waals surface area contributed by atoms with E-state index in [4.69, 9.17) is 0 Å². The summed E-state index contributed by atoms with van der Waals surface area (Å²) in [5.41, 5.74) is -0.695. The van der Waals surface area contributed by atoms with Gasteiger partial charge >= 0.3 is 5.69 Å². The van der Waals surface area contributed by atoms with Crippen molar-refractivity contribution in [2.24, 2.45) is 0 Å². The van der Waals surface area contributed by atoms with Gasteiger partial charge in [0.2, 0.25) is 5.82 Å². The number of aromatic nitrogens is 2. The van der Waals surface area contributed by atoms with Gasteiger partial charge in [-0.2, -0.15) is 4.39 Å². The summed E-state index contributed by atoms with van der Waals surface area (Å²) in [7, 11) is 0. The largest absolute Gasteiger partial charge is 0.383 e. The lowest BCUT2D eigenvalue weighted by Gasteiger charge is -2.07. The van der Waals surface area contributed by atoms with Crippen LogP contribution in [0.5, 0.6) is 0 Å². The van der Waals surface area contributed by atoms with Gasteiger partial charge in [-0.25, -0.2) is 4.79 Å². The van der Waals surface area contributed by atoms with E-state index in [0.717, 1.165) is 16.5 Å². The molecule has 0 amide bonds. The van der Waals surface area contributed by atoms with E-state index < -0.39 is 17.1 Å². The van der Waals surface area contributed by atoms with Crippen LogP contribution in [0.2, 0.25) is 0 Å². The first-order chi connectivity index (χ1) is 8.66. The molecule has 0 aliphatic carbocycles. The minimum absolute atomic E-state index is 0.265. The van der Waals surface area contributed by atoms with Crippen LogP contribution in [0, 0.1) is 5.82 Å². The molecular weight excluding hydrogens is 237 g/mol. The van der Waals surface area contributed by atoms with E-state index in [0.29, 0.717) is 6.54 Å². The zero-order valence-corrected chi connectivity index (χ0v) is 9.52. The summed E-state index contributed by atoms with van der Waals surface area (Å²) in [6.07, 6.45) is 0.911. The Morgan fingerprint density at radius 1 is 1.22 bits per heavy atom. The lowest BCUT2D eigenvalue weighted by molar-refractivity contribution is 0.556. The highest BCUT2D eigenvalue weighted by Crippen LogP contribution is 2.03. The zero-order chi connectivity index (χ0) is 13.0. The van der Waals surface area contributed by atoms with Crippen LogP contribution in [0.4, 0.5) is 10.1 Å². The van der Waals surface area contributed by atoms with E-state index in [2.05, 4.69) is 5.32 Å². The van der Waals surface area contributed by atoms with E-state index in [1.807, 2.05) is 35.3 Å². The van der Waals surface area contributed by atoms with Crippen LogP contribution in [0.25, 0.3) is 0 Å². The summed E-state index contributed by atoms with van der Waals surface area (Å²) in [5, 5.41) is 3.08. The van der Waals surface area contributed by atoms with Gasteiger partial charge in [0.25, 0.3) is 5.56 Å². The highest BCUT2D eigenvalue weighted by Gasteiger charge is 2.02. The van der Waals surface area contributed by atoms with Crippen molar-refractivity contribution in [1.82, 2.24) is 9.55 Å². The molecule has 1 heterocycles. The average molecular weight is 249 g/mol. The predicted molar refractivity (Wildman–Crippen MR) is 66.2 cm³/mol. The number of H-pyrrole nitrogens is 1. The molecule has 94 valence electrons. The second-order valence-electron chi connectivity index (χ2n) is 3.72. The molecular formula is C12H12FN3O2. The molecule has 2 aromatic rings. The number of halogens is 1. The summed E-state index contributed by atoms with van der Waals surface area (Å²) in [6, 6.07) is 9.43. The van der Waals surface area contributed by atoms with Crippen LogP contribution in [0.15, 0.2) is 46.1 Å². The van der Waals surface area contributed by atoms with Crippen LogP contribution in [-0.4, -0.2) is 16.1 Å². The Morgan fingerprint density at radius 3 is 2.67 bits per heavy atom. The molecule has 0 saturated carbocycles. The van der Waals surface area contributed by atoms with Crippen LogP contribution in [0.1, 0.15) is 0 Å². The van der Waals surface area contributed by atoms with E-state index in [9.17, 15) is 14.0 Å². The minimum Gasteiger partial charge on any atom is -0.383 e. The molecule has 0 unspecified atom stereocenters. The van der Waals surface area contributed by atoms with Crippen LogP contribution in [-0.2, 0) is 6.54 Å². The number of aromatic amines is 1. The molecule has 0 fully saturated rings. The Kier molecular flexibility index (Phi) is 3.57. The SMILES string of the molecule is O=c1[nH]c(=O)n(CCNc2ccccc2)cc1F. The number of nitrogens with zero attached hydrogens (tertiary/aromatic N) is 1. The monoisotopic (exact) mass is 249 g/mol. The van der Waals surface area contributed by atoms with Gasteiger partial charge in [-0.1, -0.05) is 18.2 Å². The summed E-state index contributed by atoms with van der Waals surface area (Å²) < 4.78 is 14.1. The topological polar surface area (TPSA) is 66.9 Å². The molecule has 6 heteroatoms. The van der Waals surface area contributed by atoms with Gasteiger partial charge in [0, 0.05) is 18.8 Å². The van der Waals surface area contributed by atoms with Gasteiger partial charge in [0.05, 0.1) is 6.20 Å². The number of hydrogen-bond acceptors (Lipinski definition) is 3. The molecule has 1 aromatic heterocycles. The highest BCUT2D eigenvalue weighted by atomic mass is 19.1. The second-order valence-corrected chi connectivity index (χ2v) is 3.72. The standard InChI is InChI=1S/C12H12FN3O2/c13-10-8-16(12(18)15-11(10)17)7-6-14-9-4-2-1-3-5-9/h1-5,8,14H,6-7H2,(H,15,17,18). The average Bonchev–Trinajstić information content (AvgIpc) is 2.37. The molecule has 1 aromatic carbocycles. The zero-order valence-electron chi connectivity index (χ0n) is 9.52. The predicted octanol–water partition coefficient (Wildman–Crippen LogP) is 0.788. The van der Waals surface area contributed by atoms with E-state index in [1.165, 1.54) is 0 Å². The fourth-order valence-electron chi connectivity index (χ4n) is 1.53. The summed E-state index contributed by atoms with van der Waals surface area (Å²) in [4.78, 5) is 24.1. The maximum absolute atomic E-state index is 13.0. The molecule has 0 aliphatic heterocycles. The number of para-hydroxylation sites is 1. The molecule has 2 rings (SSSR count). The second kappa shape index (κ2) is 5.31. The Morgan fingerprint density at radius 2 is 1.94 bits per heavy atom. The Hall–Kier alpha value is -2.37. The summed E-state index contributed by atoms with van der Waals surface area (Å²) >= 11 is 0. The van der Waals surface area contributed by atoms with Crippen molar-refractivity contribution in [2.45, 2.75) is 6.54 Å². The Bertz CT molecular complexity index is 634. The minimum atomic E-state index is -0.993. The van der Waals surface area contributed by atoms with Crippen molar-refractivity contribution >= 4 is 5.69 Å². The van der Waals surface area contributed by atoms with Crippen molar-refractivity contribution in [1.29, 1.82) is 0 Å². The third kappa shape index (κ3) is 2.85. The number of benzene rings is 1. The maximum atomic E-state index is 13.0.